The molecule has 178 valence electrons. The van der Waals surface area contributed by atoms with Gasteiger partial charge in [-0.2, -0.15) is 5.10 Å². The van der Waals surface area contributed by atoms with E-state index in [9.17, 15) is 4.79 Å². The molecule has 0 saturated heterocycles. The first kappa shape index (κ1) is 25.3. The standard InChI is InChI=1S/C22H19Cl2N5O3.C2H6/c1-12-18-19(24)15(22(30)27-14-6-4-13(23)5-7-14)10-26-21(18)29(28-12)11-16-20(32-3)17(31-2)8-9-25-16;1-2/h4-10H,11H2,1-3H3,(H,27,30);1-2H3. The number of hydrogen-bond acceptors (Lipinski definition) is 6. The lowest BCUT2D eigenvalue weighted by atomic mass is 10.2. The summed E-state index contributed by atoms with van der Waals surface area (Å²) in [4.78, 5) is 21.6. The van der Waals surface area contributed by atoms with Gasteiger partial charge in [0.15, 0.2) is 17.1 Å². The van der Waals surface area contributed by atoms with Crippen LogP contribution in [0.1, 0.15) is 35.6 Å². The maximum absolute atomic E-state index is 12.8. The van der Waals surface area contributed by atoms with E-state index in [0.29, 0.717) is 44.6 Å². The number of pyridine rings is 2. The number of aromatic nitrogens is 4. The normalized spacial score (nSPS) is 10.4. The maximum atomic E-state index is 12.8. The summed E-state index contributed by atoms with van der Waals surface area (Å²) in [7, 11) is 3.11. The van der Waals surface area contributed by atoms with Crippen LogP contribution in [0.15, 0.2) is 42.7 Å². The number of halogens is 2. The number of aryl methyl sites for hydroxylation is 1. The van der Waals surface area contributed by atoms with E-state index < -0.39 is 0 Å². The lowest BCUT2D eigenvalue weighted by molar-refractivity contribution is 0.102. The van der Waals surface area contributed by atoms with E-state index in [-0.39, 0.29) is 23.0 Å². The molecule has 0 saturated carbocycles. The highest BCUT2D eigenvalue weighted by Gasteiger charge is 2.21. The van der Waals surface area contributed by atoms with E-state index in [1.165, 1.54) is 6.20 Å². The summed E-state index contributed by atoms with van der Waals surface area (Å²) in [6, 6.07) is 8.51. The molecule has 8 nitrogen and oxygen atoms in total. The van der Waals surface area contributed by atoms with Gasteiger partial charge in [0.1, 0.15) is 5.69 Å². The van der Waals surface area contributed by atoms with Crippen molar-refractivity contribution >= 4 is 45.8 Å². The molecule has 10 heteroatoms. The summed E-state index contributed by atoms with van der Waals surface area (Å²) < 4.78 is 12.5. The van der Waals surface area contributed by atoms with Gasteiger partial charge in [-0.05, 0) is 31.2 Å². The van der Waals surface area contributed by atoms with Crippen molar-refractivity contribution in [2.24, 2.45) is 0 Å². The molecule has 3 heterocycles. The first-order chi connectivity index (χ1) is 16.4. The van der Waals surface area contributed by atoms with Gasteiger partial charge in [0.05, 0.1) is 42.4 Å². The zero-order chi connectivity index (χ0) is 24.8. The number of ether oxygens (including phenoxy) is 2. The van der Waals surface area contributed by atoms with Crippen LogP contribution in [0, 0.1) is 6.92 Å². The molecule has 0 unspecified atom stereocenters. The van der Waals surface area contributed by atoms with Crippen molar-refractivity contribution in [3.05, 3.63) is 69.7 Å². The molecule has 1 aromatic carbocycles. The number of nitrogens with zero attached hydrogens (tertiary/aromatic N) is 4. The molecule has 0 atom stereocenters. The highest BCUT2D eigenvalue weighted by Crippen LogP contribution is 2.32. The van der Waals surface area contributed by atoms with Crippen LogP contribution in [-0.2, 0) is 6.54 Å². The van der Waals surface area contributed by atoms with E-state index in [2.05, 4.69) is 20.4 Å². The van der Waals surface area contributed by atoms with Crippen LogP contribution in [-0.4, -0.2) is 39.9 Å². The van der Waals surface area contributed by atoms with Crippen molar-refractivity contribution in [3.63, 3.8) is 0 Å². The van der Waals surface area contributed by atoms with Crippen molar-refractivity contribution in [3.8, 4) is 11.5 Å². The van der Waals surface area contributed by atoms with E-state index in [4.69, 9.17) is 32.7 Å². The Morgan fingerprint density at radius 1 is 1.06 bits per heavy atom. The average molecular weight is 502 g/mol. The van der Waals surface area contributed by atoms with Crippen molar-refractivity contribution in [2.45, 2.75) is 27.3 Å². The summed E-state index contributed by atoms with van der Waals surface area (Å²) >= 11 is 12.5. The Morgan fingerprint density at radius 2 is 1.76 bits per heavy atom. The van der Waals surface area contributed by atoms with Gasteiger partial charge in [0, 0.05) is 29.2 Å². The summed E-state index contributed by atoms with van der Waals surface area (Å²) in [5.74, 6) is 0.703. The summed E-state index contributed by atoms with van der Waals surface area (Å²) in [5.41, 5.74) is 2.63. The van der Waals surface area contributed by atoms with Crippen molar-refractivity contribution in [2.75, 3.05) is 19.5 Å². The smallest absolute Gasteiger partial charge is 0.258 e. The molecule has 1 amide bonds. The molecule has 0 aliphatic heterocycles. The maximum Gasteiger partial charge on any atom is 0.258 e. The van der Waals surface area contributed by atoms with E-state index in [1.54, 1.807) is 55.4 Å². The predicted molar refractivity (Wildman–Crippen MR) is 134 cm³/mol. The minimum absolute atomic E-state index is 0.244. The first-order valence-corrected chi connectivity index (χ1v) is 11.3. The number of benzene rings is 1. The number of fused-ring (bicyclic) bond motifs is 1. The topological polar surface area (TPSA) is 91.2 Å². The van der Waals surface area contributed by atoms with Crippen LogP contribution in [0.2, 0.25) is 10.0 Å². The fourth-order valence-electron chi connectivity index (χ4n) is 3.38. The largest absolute Gasteiger partial charge is 0.493 e. The van der Waals surface area contributed by atoms with Gasteiger partial charge in [-0.25, -0.2) is 9.67 Å². The van der Waals surface area contributed by atoms with Gasteiger partial charge in [-0.15, -0.1) is 0 Å². The van der Waals surface area contributed by atoms with Gasteiger partial charge in [-0.1, -0.05) is 37.0 Å². The van der Waals surface area contributed by atoms with Gasteiger partial charge in [-0.3, -0.25) is 9.78 Å². The van der Waals surface area contributed by atoms with Crippen molar-refractivity contribution < 1.29 is 14.3 Å². The monoisotopic (exact) mass is 501 g/mol. The number of methoxy groups -OCH3 is 2. The first-order valence-electron chi connectivity index (χ1n) is 10.6. The van der Waals surface area contributed by atoms with Gasteiger partial charge < -0.3 is 14.8 Å². The number of nitrogens with one attached hydrogen (secondary N) is 1. The average Bonchev–Trinajstić information content (AvgIpc) is 3.17. The predicted octanol–water partition coefficient (Wildman–Crippen LogP) is 5.79. The summed E-state index contributed by atoms with van der Waals surface area (Å²) in [5, 5.41) is 8.80. The van der Waals surface area contributed by atoms with Crippen LogP contribution >= 0.6 is 23.2 Å². The molecule has 34 heavy (non-hydrogen) atoms. The zero-order valence-corrected chi connectivity index (χ0v) is 21.0. The highest BCUT2D eigenvalue weighted by atomic mass is 35.5. The molecule has 1 N–H and O–H groups in total. The lowest BCUT2D eigenvalue weighted by Gasteiger charge is -2.12. The Hall–Kier alpha value is -3.36. The Morgan fingerprint density at radius 3 is 2.41 bits per heavy atom. The minimum atomic E-state index is -0.380. The van der Waals surface area contributed by atoms with E-state index in [0.717, 1.165) is 0 Å². The molecule has 0 aliphatic carbocycles. The third-order valence-corrected chi connectivity index (χ3v) is 5.53. The Balaban J connectivity index is 0.00000158. The van der Waals surface area contributed by atoms with Crippen LogP contribution in [0.25, 0.3) is 11.0 Å². The quantitative estimate of drug-likeness (QED) is 0.359. The molecule has 0 fully saturated rings. The third kappa shape index (κ3) is 5.08. The summed E-state index contributed by atoms with van der Waals surface area (Å²) in [6.45, 7) is 6.09. The van der Waals surface area contributed by atoms with Gasteiger partial charge in [0.2, 0.25) is 0 Å². The van der Waals surface area contributed by atoms with E-state index >= 15 is 0 Å². The molecule has 4 rings (SSSR count). The number of hydrogen-bond donors (Lipinski definition) is 1. The molecule has 0 radical (unpaired) electrons. The van der Waals surface area contributed by atoms with Crippen LogP contribution in [0.5, 0.6) is 11.5 Å². The van der Waals surface area contributed by atoms with Crippen molar-refractivity contribution in [1.82, 2.24) is 19.7 Å². The second-order valence-corrected chi connectivity index (χ2v) is 7.70. The second kappa shape index (κ2) is 11.2. The van der Waals surface area contributed by atoms with Crippen LogP contribution in [0.3, 0.4) is 0 Å². The van der Waals surface area contributed by atoms with Gasteiger partial charge >= 0.3 is 0 Å². The molecule has 4 aromatic rings. The lowest BCUT2D eigenvalue weighted by Crippen LogP contribution is -2.13. The molecular weight excluding hydrogens is 477 g/mol. The number of rotatable bonds is 6. The highest BCUT2D eigenvalue weighted by molar-refractivity contribution is 6.39. The number of carbonyl (C=O) groups is 1. The third-order valence-electron chi connectivity index (χ3n) is 4.88. The van der Waals surface area contributed by atoms with Crippen molar-refractivity contribution in [1.29, 1.82) is 0 Å². The Labute approximate surface area is 207 Å². The Bertz CT molecular complexity index is 1310. The molecular formula is C24H25Cl2N5O3. The van der Waals surface area contributed by atoms with Crippen LogP contribution in [0.4, 0.5) is 5.69 Å². The molecule has 0 bridgehead atoms. The number of anilines is 1. The fourth-order valence-corrected chi connectivity index (χ4v) is 3.86. The minimum Gasteiger partial charge on any atom is -0.493 e. The van der Waals surface area contributed by atoms with Gasteiger partial charge in [0.25, 0.3) is 5.91 Å². The summed E-state index contributed by atoms with van der Waals surface area (Å²) in [6.07, 6.45) is 3.07. The van der Waals surface area contributed by atoms with Crippen LogP contribution < -0.4 is 14.8 Å². The molecule has 3 aromatic heterocycles. The fraction of sp³-hybridized carbons (Fsp3) is 0.250. The molecule has 0 aliphatic rings. The SMILES string of the molecule is CC.COc1ccnc(Cn2nc(C)c3c(Cl)c(C(=O)Nc4ccc(Cl)cc4)cnc32)c1OC. The molecule has 0 spiro atoms. The number of amides is 1. The second-order valence-electron chi connectivity index (χ2n) is 6.88. The van der Waals surface area contributed by atoms with E-state index in [1.807, 2.05) is 20.8 Å². The Kier molecular flexibility index (Phi) is 8.31. The number of carbonyl (C=O) groups excluding carboxylic acids is 1. The zero-order valence-electron chi connectivity index (χ0n) is 19.5.